The van der Waals surface area contributed by atoms with E-state index < -0.39 is 6.04 Å². The highest BCUT2D eigenvalue weighted by Crippen LogP contribution is 2.02. The third-order valence-electron chi connectivity index (χ3n) is 3.29. The Balaban J connectivity index is 2.52. The van der Waals surface area contributed by atoms with E-state index in [1.807, 2.05) is 19.9 Å². The van der Waals surface area contributed by atoms with Crippen molar-refractivity contribution >= 4 is 11.8 Å². The summed E-state index contributed by atoms with van der Waals surface area (Å²) in [7, 11) is 0. The lowest BCUT2D eigenvalue weighted by molar-refractivity contribution is -0.123. The van der Waals surface area contributed by atoms with Crippen molar-refractivity contribution in [1.29, 1.82) is 0 Å². The summed E-state index contributed by atoms with van der Waals surface area (Å²) in [6.07, 6.45) is 0. The number of rotatable bonds is 6. The van der Waals surface area contributed by atoms with E-state index in [0.717, 1.165) is 0 Å². The molecule has 2 amide bonds. The molecule has 0 radical (unpaired) electrons. The van der Waals surface area contributed by atoms with Crippen LogP contribution in [0.2, 0.25) is 0 Å². The van der Waals surface area contributed by atoms with Crippen molar-refractivity contribution in [2.45, 2.75) is 32.9 Å². The van der Waals surface area contributed by atoms with Crippen LogP contribution >= 0.6 is 0 Å². The number of hydrogen-bond acceptors (Lipinski definition) is 3. The van der Waals surface area contributed by atoms with Gasteiger partial charge in [0.05, 0.1) is 0 Å². The lowest BCUT2D eigenvalue weighted by Crippen LogP contribution is -2.49. The lowest BCUT2D eigenvalue weighted by atomic mass is 10.0. The summed E-state index contributed by atoms with van der Waals surface area (Å²) in [6.45, 7) is 5.31. The minimum Gasteiger partial charge on any atom is -0.396 e. The second-order valence-corrected chi connectivity index (χ2v) is 5.02. The van der Waals surface area contributed by atoms with Crippen molar-refractivity contribution in [1.82, 2.24) is 10.6 Å². The van der Waals surface area contributed by atoms with Gasteiger partial charge in [0.25, 0.3) is 5.91 Å². The fraction of sp³-hybridized carbons (Fsp3) is 0.467. The van der Waals surface area contributed by atoms with Gasteiger partial charge in [0.2, 0.25) is 5.91 Å². The SMILES string of the molecule is CC(NC(=O)c1ccccc1)C(=O)NC(C)C(C)CO. The van der Waals surface area contributed by atoms with E-state index in [4.69, 9.17) is 5.11 Å². The van der Waals surface area contributed by atoms with Crippen LogP contribution in [-0.4, -0.2) is 35.6 Å². The molecule has 0 spiro atoms. The van der Waals surface area contributed by atoms with Gasteiger partial charge in [-0.15, -0.1) is 0 Å². The minimum atomic E-state index is -0.629. The van der Waals surface area contributed by atoms with Crippen molar-refractivity contribution in [3.8, 4) is 0 Å². The second kappa shape index (κ2) is 7.65. The first-order valence-corrected chi connectivity index (χ1v) is 6.72. The number of hydrogen-bond donors (Lipinski definition) is 3. The van der Waals surface area contributed by atoms with Crippen LogP contribution < -0.4 is 10.6 Å². The Hall–Kier alpha value is -1.88. The van der Waals surface area contributed by atoms with Gasteiger partial charge in [0.1, 0.15) is 6.04 Å². The Morgan fingerprint density at radius 1 is 1.10 bits per heavy atom. The molecule has 1 aromatic rings. The molecule has 3 unspecified atom stereocenters. The zero-order valence-corrected chi connectivity index (χ0v) is 12.1. The average Bonchev–Trinajstić information content (AvgIpc) is 2.46. The molecule has 0 saturated heterocycles. The number of aliphatic hydroxyl groups excluding tert-OH is 1. The van der Waals surface area contributed by atoms with Gasteiger partial charge in [-0.3, -0.25) is 9.59 Å². The Morgan fingerprint density at radius 2 is 1.70 bits per heavy atom. The van der Waals surface area contributed by atoms with E-state index in [0.29, 0.717) is 5.56 Å². The van der Waals surface area contributed by atoms with Crippen LogP contribution in [0.5, 0.6) is 0 Å². The van der Waals surface area contributed by atoms with Gasteiger partial charge in [-0.1, -0.05) is 25.1 Å². The lowest BCUT2D eigenvalue weighted by Gasteiger charge is -2.22. The molecule has 0 aliphatic carbocycles. The molecular weight excluding hydrogens is 256 g/mol. The highest BCUT2D eigenvalue weighted by Gasteiger charge is 2.20. The highest BCUT2D eigenvalue weighted by atomic mass is 16.3. The van der Waals surface area contributed by atoms with Gasteiger partial charge in [-0.25, -0.2) is 0 Å². The van der Waals surface area contributed by atoms with E-state index in [2.05, 4.69) is 10.6 Å². The van der Waals surface area contributed by atoms with E-state index in [1.54, 1.807) is 31.2 Å². The first-order chi connectivity index (χ1) is 9.45. The maximum Gasteiger partial charge on any atom is 0.251 e. The van der Waals surface area contributed by atoms with Crippen molar-refractivity contribution in [3.05, 3.63) is 35.9 Å². The zero-order valence-electron chi connectivity index (χ0n) is 12.1. The molecule has 20 heavy (non-hydrogen) atoms. The van der Waals surface area contributed by atoms with Crippen molar-refractivity contribution in [3.63, 3.8) is 0 Å². The Bertz CT molecular complexity index is 448. The molecule has 0 aliphatic heterocycles. The van der Waals surface area contributed by atoms with Gasteiger partial charge in [-0.05, 0) is 31.9 Å². The molecule has 0 bridgehead atoms. The zero-order chi connectivity index (χ0) is 15.1. The number of aliphatic hydroxyl groups is 1. The number of carbonyl (C=O) groups excluding carboxylic acids is 2. The maximum atomic E-state index is 11.9. The Morgan fingerprint density at radius 3 is 2.25 bits per heavy atom. The topological polar surface area (TPSA) is 78.4 Å². The molecular formula is C15H22N2O3. The van der Waals surface area contributed by atoms with Crippen LogP contribution in [-0.2, 0) is 4.79 Å². The van der Waals surface area contributed by atoms with Gasteiger partial charge in [0, 0.05) is 18.2 Å². The van der Waals surface area contributed by atoms with Crippen LogP contribution in [0.15, 0.2) is 30.3 Å². The molecule has 0 aliphatic rings. The molecule has 5 heteroatoms. The van der Waals surface area contributed by atoms with E-state index >= 15 is 0 Å². The first kappa shape index (κ1) is 16.2. The first-order valence-electron chi connectivity index (χ1n) is 6.72. The summed E-state index contributed by atoms with van der Waals surface area (Å²) in [5.74, 6) is -0.575. The predicted molar refractivity (Wildman–Crippen MR) is 77.2 cm³/mol. The minimum absolute atomic E-state index is 0.00615. The number of benzene rings is 1. The van der Waals surface area contributed by atoms with Crippen molar-refractivity contribution in [2.24, 2.45) is 5.92 Å². The second-order valence-electron chi connectivity index (χ2n) is 5.02. The highest BCUT2D eigenvalue weighted by molar-refractivity contribution is 5.97. The predicted octanol–water partition coefficient (Wildman–Crippen LogP) is 0.938. The van der Waals surface area contributed by atoms with E-state index in [-0.39, 0.29) is 30.4 Å². The summed E-state index contributed by atoms with van der Waals surface area (Å²) in [6, 6.07) is 7.96. The molecule has 3 atom stereocenters. The Kier molecular flexibility index (Phi) is 6.18. The largest absolute Gasteiger partial charge is 0.396 e. The molecule has 3 N–H and O–H groups in total. The molecule has 1 aromatic carbocycles. The summed E-state index contributed by atoms with van der Waals surface area (Å²) in [5, 5.41) is 14.4. The molecule has 110 valence electrons. The van der Waals surface area contributed by atoms with Crippen LogP contribution in [0.25, 0.3) is 0 Å². The fourth-order valence-corrected chi connectivity index (χ4v) is 1.58. The smallest absolute Gasteiger partial charge is 0.251 e. The average molecular weight is 278 g/mol. The standard InChI is InChI=1S/C15H22N2O3/c1-10(9-18)11(2)16-14(19)12(3)17-15(20)13-7-5-4-6-8-13/h4-8,10-12,18H,9H2,1-3H3,(H,16,19)(H,17,20). The number of nitrogens with one attached hydrogen (secondary N) is 2. The van der Waals surface area contributed by atoms with Gasteiger partial charge < -0.3 is 15.7 Å². The van der Waals surface area contributed by atoms with Crippen LogP contribution in [0, 0.1) is 5.92 Å². The summed E-state index contributed by atoms with van der Waals surface area (Å²) in [5.41, 5.74) is 0.518. The van der Waals surface area contributed by atoms with Crippen molar-refractivity contribution < 1.29 is 14.7 Å². The number of amides is 2. The number of carbonyl (C=O) groups is 2. The molecule has 0 heterocycles. The summed E-state index contributed by atoms with van der Waals surface area (Å²) >= 11 is 0. The normalized spacial score (nSPS) is 15.0. The fourth-order valence-electron chi connectivity index (χ4n) is 1.58. The van der Waals surface area contributed by atoms with Crippen LogP contribution in [0.4, 0.5) is 0 Å². The molecule has 0 saturated carbocycles. The third-order valence-corrected chi connectivity index (χ3v) is 3.29. The third kappa shape index (κ3) is 4.66. The van der Waals surface area contributed by atoms with E-state index in [9.17, 15) is 9.59 Å². The summed E-state index contributed by atoms with van der Waals surface area (Å²) in [4.78, 5) is 23.8. The molecule has 5 nitrogen and oxygen atoms in total. The van der Waals surface area contributed by atoms with Gasteiger partial charge in [-0.2, -0.15) is 0 Å². The Labute approximate surface area is 119 Å². The van der Waals surface area contributed by atoms with Gasteiger partial charge >= 0.3 is 0 Å². The molecule has 1 rings (SSSR count). The van der Waals surface area contributed by atoms with Crippen LogP contribution in [0.3, 0.4) is 0 Å². The maximum absolute atomic E-state index is 11.9. The van der Waals surface area contributed by atoms with Crippen LogP contribution in [0.1, 0.15) is 31.1 Å². The monoisotopic (exact) mass is 278 g/mol. The van der Waals surface area contributed by atoms with Gasteiger partial charge in [0.15, 0.2) is 0 Å². The molecule has 0 aromatic heterocycles. The summed E-state index contributed by atoms with van der Waals surface area (Å²) < 4.78 is 0. The van der Waals surface area contributed by atoms with E-state index in [1.165, 1.54) is 0 Å². The quantitative estimate of drug-likeness (QED) is 0.724. The van der Waals surface area contributed by atoms with Crippen molar-refractivity contribution in [2.75, 3.05) is 6.61 Å². The molecule has 0 fully saturated rings.